The summed E-state index contributed by atoms with van der Waals surface area (Å²) in [6.45, 7) is 3.20. The van der Waals surface area contributed by atoms with Gasteiger partial charge in [0.25, 0.3) is 5.91 Å². The number of nitrogens with zero attached hydrogens (tertiary/aromatic N) is 2. The number of hydrogen-bond acceptors (Lipinski definition) is 4. The Hall–Kier alpha value is -2.83. The molecule has 2 aromatic carbocycles. The number of anilines is 1. The predicted octanol–water partition coefficient (Wildman–Crippen LogP) is 4.25. The predicted molar refractivity (Wildman–Crippen MR) is 108 cm³/mol. The number of hydrogen-bond donors (Lipinski definition) is 1. The molecule has 1 saturated heterocycles. The van der Waals surface area contributed by atoms with Crippen molar-refractivity contribution in [3.05, 3.63) is 71.0 Å². The maximum Gasteiger partial charge on any atom is 0.276 e. The van der Waals surface area contributed by atoms with Gasteiger partial charge in [-0.1, -0.05) is 23.7 Å². The fraction of sp³-hybridized carbons (Fsp3) is 0.238. The SMILES string of the molecule is Cc1cn(-c2ccccc2Cl)nc1C(=O)Nc1ccc(OC2CCOC2)cc1. The van der Waals surface area contributed by atoms with Crippen LogP contribution in [-0.2, 0) is 4.74 Å². The number of aryl methyl sites for hydroxylation is 1. The van der Waals surface area contributed by atoms with Crippen molar-refractivity contribution in [1.82, 2.24) is 9.78 Å². The van der Waals surface area contributed by atoms with E-state index in [1.807, 2.05) is 49.4 Å². The first-order valence-electron chi connectivity index (χ1n) is 9.07. The van der Waals surface area contributed by atoms with E-state index in [1.165, 1.54) is 0 Å². The Morgan fingerprint density at radius 2 is 2.04 bits per heavy atom. The maximum atomic E-state index is 12.7. The van der Waals surface area contributed by atoms with E-state index in [0.717, 1.165) is 30.0 Å². The first kappa shape index (κ1) is 18.5. The highest BCUT2D eigenvalue weighted by Gasteiger charge is 2.18. The normalized spacial score (nSPS) is 16.1. The van der Waals surface area contributed by atoms with E-state index >= 15 is 0 Å². The topological polar surface area (TPSA) is 65.4 Å². The Balaban J connectivity index is 1.45. The molecular weight excluding hydrogens is 378 g/mol. The largest absolute Gasteiger partial charge is 0.488 e. The van der Waals surface area contributed by atoms with Crippen molar-refractivity contribution in [3.63, 3.8) is 0 Å². The third-order valence-corrected chi connectivity index (χ3v) is 4.83. The summed E-state index contributed by atoms with van der Waals surface area (Å²) in [7, 11) is 0. The van der Waals surface area contributed by atoms with Gasteiger partial charge in [-0.25, -0.2) is 4.68 Å². The average molecular weight is 398 g/mol. The van der Waals surface area contributed by atoms with Crippen LogP contribution in [0, 0.1) is 6.92 Å². The van der Waals surface area contributed by atoms with E-state index in [9.17, 15) is 4.79 Å². The van der Waals surface area contributed by atoms with Crippen LogP contribution in [0.15, 0.2) is 54.7 Å². The Kier molecular flexibility index (Phi) is 5.32. The summed E-state index contributed by atoms with van der Waals surface area (Å²) in [4.78, 5) is 12.7. The first-order valence-corrected chi connectivity index (χ1v) is 9.45. The molecule has 1 aromatic heterocycles. The highest BCUT2D eigenvalue weighted by molar-refractivity contribution is 6.32. The van der Waals surface area contributed by atoms with Crippen LogP contribution in [0.5, 0.6) is 5.75 Å². The lowest BCUT2D eigenvalue weighted by molar-refractivity contribution is 0.102. The molecule has 1 atom stereocenters. The summed E-state index contributed by atoms with van der Waals surface area (Å²) in [6, 6.07) is 14.7. The van der Waals surface area contributed by atoms with Crippen LogP contribution >= 0.6 is 11.6 Å². The average Bonchev–Trinajstić information content (AvgIpc) is 3.33. The van der Waals surface area contributed by atoms with E-state index in [-0.39, 0.29) is 12.0 Å². The van der Waals surface area contributed by atoms with Gasteiger partial charge in [0.1, 0.15) is 11.9 Å². The number of aromatic nitrogens is 2. The Bertz CT molecular complexity index is 979. The minimum Gasteiger partial charge on any atom is -0.488 e. The molecule has 0 radical (unpaired) electrons. The van der Waals surface area contributed by atoms with E-state index in [1.54, 1.807) is 16.9 Å². The molecule has 3 aromatic rings. The lowest BCUT2D eigenvalue weighted by Crippen LogP contribution is -2.16. The van der Waals surface area contributed by atoms with Crippen molar-refractivity contribution in [2.45, 2.75) is 19.4 Å². The molecule has 1 unspecified atom stereocenters. The van der Waals surface area contributed by atoms with Crippen molar-refractivity contribution in [1.29, 1.82) is 0 Å². The van der Waals surface area contributed by atoms with Crippen molar-refractivity contribution in [2.24, 2.45) is 0 Å². The highest BCUT2D eigenvalue weighted by Crippen LogP contribution is 2.22. The quantitative estimate of drug-likeness (QED) is 0.698. The van der Waals surface area contributed by atoms with Crippen LogP contribution in [0.2, 0.25) is 5.02 Å². The van der Waals surface area contributed by atoms with E-state index in [0.29, 0.717) is 23.0 Å². The van der Waals surface area contributed by atoms with Gasteiger partial charge in [0.05, 0.1) is 23.9 Å². The molecule has 7 heteroatoms. The van der Waals surface area contributed by atoms with E-state index in [4.69, 9.17) is 21.1 Å². The van der Waals surface area contributed by atoms with Gasteiger partial charge in [-0.2, -0.15) is 5.10 Å². The summed E-state index contributed by atoms with van der Waals surface area (Å²) in [5.74, 6) is 0.480. The monoisotopic (exact) mass is 397 g/mol. The molecule has 1 aliphatic heterocycles. The van der Waals surface area contributed by atoms with Gasteiger partial charge in [-0.15, -0.1) is 0 Å². The number of ether oxygens (including phenoxy) is 2. The highest BCUT2D eigenvalue weighted by atomic mass is 35.5. The zero-order valence-corrected chi connectivity index (χ0v) is 16.1. The van der Waals surface area contributed by atoms with Crippen LogP contribution in [0.25, 0.3) is 5.69 Å². The molecule has 1 N–H and O–H groups in total. The molecule has 0 bridgehead atoms. The second-order valence-corrected chi connectivity index (χ2v) is 7.05. The van der Waals surface area contributed by atoms with Gasteiger partial charge in [0.2, 0.25) is 0 Å². The maximum absolute atomic E-state index is 12.7. The number of para-hydroxylation sites is 1. The second kappa shape index (κ2) is 8.04. The molecule has 0 saturated carbocycles. The van der Waals surface area contributed by atoms with Gasteiger partial charge in [-0.05, 0) is 43.3 Å². The molecule has 0 aliphatic carbocycles. The van der Waals surface area contributed by atoms with Crippen LogP contribution in [0.4, 0.5) is 5.69 Å². The second-order valence-electron chi connectivity index (χ2n) is 6.64. The minimum absolute atomic E-state index is 0.0943. The Labute approximate surface area is 168 Å². The number of rotatable bonds is 5. The first-order chi connectivity index (χ1) is 13.6. The van der Waals surface area contributed by atoms with E-state index < -0.39 is 0 Å². The summed E-state index contributed by atoms with van der Waals surface area (Å²) in [6.07, 6.45) is 2.78. The number of nitrogens with one attached hydrogen (secondary N) is 1. The summed E-state index contributed by atoms with van der Waals surface area (Å²) in [5, 5.41) is 7.85. The zero-order chi connectivity index (χ0) is 19.5. The minimum atomic E-state index is -0.277. The molecule has 28 heavy (non-hydrogen) atoms. The van der Waals surface area contributed by atoms with Crippen molar-refractivity contribution >= 4 is 23.2 Å². The number of halogens is 1. The third-order valence-electron chi connectivity index (χ3n) is 4.51. The third kappa shape index (κ3) is 4.03. The standard InChI is InChI=1S/C21H20ClN3O3/c1-14-12-25(19-5-3-2-4-18(19)22)24-20(14)21(26)23-15-6-8-16(9-7-15)28-17-10-11-27-13-17/h2-9,12,17H,10-11,13H2,1H3,(H,23,26). The molecule has 1 fully saturated rings. The van der Waals surface area contributed by atoms with Crippen molar-refractivity contribution < 1.29 is 14.3 Å². The fourth-order valence-electron chi connectivity index (χ4n) is 3.05. The van der Waals surface area contributed by atoms with Gasteiger partial charge >= 0.3 is 0 Å². The molecule has 1 aliphatic rings. The molecule has 0 spiro atoms. The lowest BCUT2D eigenvalue weighted by Gasteiger charge is -2.12. The molecule has 4 rings (SSSR count). The van der Waals surface area contributed by atoms with Crippen LogP contribution < -0.4 is 10.1 Å². The van der Waals surface area contributed by atoms with Crippen molar-refractivity contribution in [2.75, 3.05) is 18.5 Å². The zero-order valence-electron chi connectivity index (χ0n) is 15.4. The van der Waals surface area contributed by atoms with Gasteiger partial charge in [0, 0.05) is 23.9 Å². The molecule has 144 valence electrons. The van der Waals surface area contributed by atoms with Gasteiger partial charge in [-0.3, -0.25) is 4.79 Å². The smallest absolute Gasteiger partial charge is 0.276 e. The lowest BCUT2D eigenvalue weighted by atomic mass is 10.2. The van der Waals surface area contributed by atoms with Crippen LogP contribution in [0.1, 0.15) is 22.5 Å². The molecular formula is C21H20ClN3O3. The molecule has 1 amide bonds. The van der Waals surface area contributed by atoms with Crippen LogP contribution in [0.3, 0.4) is 0 Å². The Morgan fingerprint density at radius 3 is 2.75 bits per heavy atom. The summed E-state index contributed by atoms with van der Waals surface area (Å²) >= 11 is 6.22. The Morgan fingerprint density at radius 1 is 1.25 bits per heavy atom. The number of amides is 1. The molecule has 2 heterocycles. The van der Waals surface area contributed by atoms with Gasteiger partial charge in [0.15, 0.2) is 5.69 Å². The number of carbonyl (C=O) groups excluding carboxylic acids is 1. The fourth-order valence-corrected chi connectivity index (χ4v) is 3.27. The van der Waals surface area contributed by atoms with Crippen molar-refractivity contribution in [3.8, 4) is 11.4 Å². The summed E-state index contributed by atoms with van der Waals surface area (Å²) in [5.41, 5.74) is 2.51. The van der Waals surface area contributed by atoms with Crippen LogP contribution in [-0.4, -0.2) is 35.0 Å². The van der Waals surface area contributed by atoms with Gasteiger partial charge < -0.3 is 14.8 Å². The summed E-state index contributed by atoms with van der Waals surface area (Å²) < 4.78 is 12.8. The van der Waals surface area contributed by atoms with E-state index in [2.05, 4.69) is 10.4 Å². The number of carbonyl (C=O) groups is 1. The number of benzene rings is 2. The molecule has 6 nitrogen and oxygen atoms in total.